The van der Waals surface area contributed by atoms with Crippen LogP contribution in [-0.4, -0.2) is 51.1 Å². The summed E-state index contributed by atoms with van der Waals surface area (Å²) < 4.78 is 28.0. The molecule has 0 aliphatic carbocycles. The van der Waals surface area contributed by atoms with Gasteiger partial charge in [0.2, 0.25) is 5.00 Å². The Balaban J connectivity index is 1.64. The second-order valence-electron chi connectivity index (χ2n) is 8.57. The van der Waals surface area contributed by atoms with Crippen molar-refractivity contribution in [3.63, 3.8) is 0 Å². The number of aromatic nitrogens is 1. The van der Waals surface area contributed by atoms with Gasteiger partial charge < -0.3 is 4.57 Å². The van der Waals surface area contributed by atoms with Crippen molar-refractivity contribution in [3.8, 4) is 0 Å². The molecule has 1 aromatic heterocycles. The molecule has 7 nitrogen and oxygen atoms in total. The van der Waals surface area contributed by atoms with Crippen LogP contribution in [0.1, 0.15) is 36.2 Å². The van der Waals surface area contributed by atoms with Crippen molar-refractivity contribution in [3.05, 3.63) is 51.9 Å². The van der Waals surface area contributed by atoms with E-state index in [2.05, 4.69) is 4.99 Å². The van der Waals surface area contributed by atoms with E-state index in [-0.39, 0.29) is 27.5 Å². The van der Waals surface area contributed by atoms with Crippen molar-refractivity contribution in [1.82, 2.24) is 9.05 Å². The number of nitrogens with zero attached hydrogens (tertiary/aromatic N) is 3. The number of aldehydes is 1. The Bertz CT molecular complexity index is 1430. The van der Waals surface area contributed by atoms with Crippen LogP contribution in [-0.2, 0) is 21.7 Å². The smallest absolute Gasteiger partial charge is 0.312 e. The van der Waals surface area contributed by atoms with Gasteiger partial charge in [0.1, 0.15) is 0 Å². The van der Waals surface area contributed by atoms with Gasteiger partial charge in [-0.15, -0.1) is 0 Å². The summed E-state index contributed by atoms with van der Waals surface area (Å²) in [6.07, 6.45) is 3.32. The summed E-state index contributed by atoms with van der Waals surface area (Å²) in [6.45, 7) is 1.11. The molecule has 1 amide bonds. The Labute approximate surface area is 207 Å². The molecule has 0 radical (unpaired) electrons. The molecule has 34 heavy (non-hydrogen) atoms. The van der Waals surface area contributed by atoms with E-state index < -0.39 is 9.84 Å². The summed E-state index contributed by atoms with van der Waals surface area (Å²) in [7, 11) is -0.274. The van der Waals surface area contributed by atoms with Crippen LogP contribution in [0.4, 0.5) is 5.00 Å². The number of rotatable bonds is 6. The zero-order chi connectivity index (χ0) is 24.5. The molecule has 0 spiro atoms. The van der Waals surface area contributed by atoms with Gasteiger partial charge in [-0.1, -0.05) is 23.7 Å². The van der Waals surface area contributed by atoms with Gasteiger partial charge in [0.05, 0.1) is 30.2 Å². The Kier molecular flexibility index (Phi) is 7.09. The SMILES string of the molecule is CN=c1sc([N+]2(C(=O)CCS(=O)(=O)c3ccc4cc(Cl)ccc4c3)CCCCC2)c(C=O)n1C. The third-order valence-electron chi connectivity index (χ3n) is 6.52. The summed E-state index contributed by atoms with van der Waals surface area (Å²) >= 11 is 7.36. The number of fused-ring (bicyclic) bond motifs is 1. The quantitative estimate of drug-likeness (QED) is 0.361. The number of amides is 1. The maximum atomic E-state index is 13.7. The highest BCUT2D eigenvalue weighted by atomic mass is 35.5. The van der Waals surface area contributed by atoms with Crippen LogP contribution in [0, 0.1) is 0 Å². The Hall–Kier alpha value is -2.33. The molecular formula is C24H27ClN3O4S2+. The van der Waals surface area contributed by atoms with Crippen molar-refractivity contribution in [1.29, 1.82) is 0 Å². The van der Waals surface area contributed by atoms with Gasteiger partial charge in [-0.3, -0.25) is 9.79 Å². The molecule has 180 valence electrons. The van der Waals surface area contributed by atoms with E-state index in [1.165, 1.54) is 11.3 Å². The van der Waals surface area contributed by atoms with Crippen LogP contribution in [0.25, 0.3) is 10.8 Å². The Morgan fingerprint density at radius 1 is 1.15 bits per heavy atom. The van der Waals surface area contributed by atoms with Gasteiger partial charge in [0.15, 0.2) is 26.6 Å². The lowest BCUT2D eigenvalue weighted by molar-refractivity contribution is -0.130. The van der Waals surface area contributed by atoms with Crippen LogP contribution in [0.15, 0.2) is 46.3 Å². The molecule has 1 saturated heterocycles. The number of likely N-dealkylation sites (tertiary alicyclic amines) is 1. The molecule has 0 saturated carbocycles. The number of thiazole rings is 1. The molecule has 4 rings (SSSR count). The second-order valence-corrected chi connectivity index (χ2v) is 12.1. The van der Waals surface area contributed by atoms with Crippen molar-refractivity contribution in [2.24, 2.45) is 12.0 Å². The first-order valence-corrected chi connectivity index (χ1v) is 14.0. The zero-order valence-corrected chi connectivity index (χ0v) is 21.5. The number of hydrogen-bond donors (Lipinski definition) is 0. The van der Waals surface area contributed by atoms with Crippen LogP contribution in [0.5, 0.6) is 0 Å². The van der Waals surface area contributed by atoms with Crippen molar-refractivity contribution in [2.45, 2.75) is 30.6 Å². The van der Waals surface area contributed by atoms with Gasteiger partial charge in [0.25, 0.3) is 0 Å². The molecule has 10 heteroatoms. The van der Waals surface area contributed by atoms with Crippen LogP contribution in [0.3, 0.4) is 0 Å². The molecule has 2 aromatic carbocycles. The molecule has 1 fully saturated rings. The van der Waals surface area contributed by atoms with Gasteiger partial charge >= 0.3 is 5.91 Å². The predicted molar refractivity (Wildman–Crippen MR) is 136 cm³/mol. The third kappa shape index (κ3) is 4.49. The maximum absolute atomic E-state index is 13.7. The lowest BCUT2D eigenvalue weighted by atomic mass is 10.1. The van der Waals surface area contributed by atoms with Crippen molar-refractivity contribution >= 4 is 60.7 Å². The average Bonchev–Trinajstić information content (AvgIpc) is 3.18. The lowest BCUT2D eigenvalue weighted by Crippen LogP contribution is -2.57. The summed E-state index contributed by atoms with van der Waals surface area (Å²) in [5, 5.41) is 2.86. The fourth-order valence-corrected chi connectivity index (χ4v) is 7.33. The highest BCUT2D eigenvalue weighted by Crippen LogP contribution is 2.35. The molecular weight excluding hydrogens is 494 g/mol. The number of sulfone groups is 1. The van der Waals surface area contributed by atoms with E-state index >= 15 is 0 Å². The zero-order valence-electron chi connectivity index (χ0n) is 19.2. The second kappa shape index (κ2) is 9.73. The van der Waals surface area contributed by atoms with Crippen LogP contribution in [0.2, 0.25) is 5.02 Å². The standard InChI is InChI=1S/C24H27ClN3O4S2/c1-26-24-27(2)21(16-29)23(33-24)28(11-4-3-5-12-28)22(30)10-13-34(31,32)20-9-7-17-14-19(25)8-6-18(17)15-20/h6-9,14-16H,3-5,10-13H2,1-2H3/q+1. The van der Waals surface area contributed by atoms with E-state index in [1.807, 2.05) is 0 Å². The van der Waals surface area contributed by atoms with Gasteiger partial charge in [-0.05, 0) is 65.6 Å². The highest BCUT2D eigenvalue weighted by molar-refractivity contribution is 7.91. The third-order valence-corrected chi connectivity index (χ3v) is 9.86. The average molecular weight is 521 g/mol. The summed E-state index contributed by atoms with van der Waals surface area (Å²) in [5.74, 6) is -0.465. The number of piperidine rings is 1. The molecule has 1 aliphatic rings. The van der Waals surface area contributed by atoms with E-state index in [0.717, 1.165) is 36.3 Å². The minimum absolute atomic E-state index is 0.00778. The fourth-order valence-electron chi connectivity index (χ4n) is 4.64. The number of quaternary nitrogens is 1. The number of carbonyl (C=O) groups excluding carboxylic acids is 2. The van der Waals surface area contributed by atoms with Gasteiger partial charge in [0, 0.05) is 19.1 Å². The first-order valence-electron chi connectivity index (χ1n) is 11.1. The topological polar surface area (TPSA) is 85.6 Å². The first kappa shape index (κ1) is 24.8. The largest absolute Gasteiger partial charge is 0.320 e. The number of carbonyl (C=O) groups is 2. The number of benzene rings is 2. The summed E-state index contributed by atoms with van der Waals surface area (Å²) in [5.41, 5.74) is 0.428. The maximum Gasteiger partial charge on any atom is 0.320 e. The normalized spacial score (nSPS) is 16.6. The molecule has 0 N–H and O–H groups in total. The minimum atomic E-state index is -3.68. The fraction of sp³-hybridized carbons (Fsp3) is 0.375. The van der Waals surface area contributed by atoms with E-state index in [4.69, 9.17) is 11.6 Å². The monoisotopic (exact) mass is 520 g/mol. The number of halogens is 1. The highest BCUT2D eigenvalue weighted by Gasteiger charge is 2.44. The Morgan fingerprint density at radius 3 is 2.50 bits per heavy atom. The van der Waals surface area contributed by atoms with Crippen molar-refractivity contribution < 1.29 is 18.0 Å². The minimum Gasteiger partial charge on any atom is -0.312 e. The van der Waals surface area contributed by atoms with E-state index in [0.29, 0.717) is 33.6 Å². The number of hydrogen-bond acceptors (Lipinski definition) is 6. The first-order chi connectivity index (χ1) is 16.2. The van der Waals surface area contributed by atoms with Crippen molar-refractivity contribution in [2.75, 3.05) is 25.9 Å². The molecule has 2 heterocycles. The molecule has 3 aromatic rings. The van der Waals surface area contributed by atoms with Crippen LogP contribution >= 0.6 is 22.9 Å². The molecule has 0 bridgehead atoms. The lowest BCUT2D eigenvalue weighted by Gasteiger charge is -2.37. The molecule has 0 unspecified atom stereocenters. The van der Waals surface area contributed by atoms with Gasteiger partial charge in [-0.2, -0.15) is 0 Å². The molecule has 1 aliphatic heterocycles. The summed E-state index contributed by atoms with van der Waals surface area (Å²) in [4.78, 5) is 30.7. The molecule has 0 atom stereocenters. The summed E-state index contributed by atoms with van der Waals surface area (Å²) in [6, 6.07) is 10.2. The van der Waals surface area contributed by atoms with E-state index in [9.17, 15) is 18.0 Å². The Morgan fingerprint density at radius 2 is 1.82 bits per heavy atom. The predicted octanol–water partition coefficient (Wildman–Crippen LogP) is 4.12. The van der Waals surface area contributed by atoms with Gasteiger partial charge in [-0.25, -0.2) is 17.7 Å². The van der Waals surface area contributed by atoms with Crippen LogP contribution < -0.4 is 9.28 Å². The van der Waals surface area contributed by atoms with E-state index in [1.54, 1.807) is 55.1 Å².